The average molecular weight is 460 g/mol. The number of hydrogen-bond donors (Lipinski definition) is 1. The lowest BCUT2D eigenvalue weighted by molar-refractivity contribution is -0.106. The summed E-state index contributed by atoms with van der Waals surface area (Å²) in [4.78, 5) is 0. The van der Waals surface area contributed by atoms with Crippen molar-refractivity contribution in [2.75, 3.05) is 6.61 Å². The van der Waals surface area contributed by atoms with Crippen LogP contribution in [0, 0.1) is 7.14 Å². The van der Waals surface area contributed by atoms with Gasteiger partial charge < -0.3 is 14.6 Å². The molecule has 0 amide bonds. The lowest BCUT2D eigenvalue weighted by atomic mass is 10.2. The second-order valence-corrected chi connectivity index (χ2v) is 6.29. The van der Waals surface area contributed by atoms with Crippen molar-refractivity contribution < 1.29 is 14.6 Å². The van der Waals surface area contributed by atoms with Crippen LogP contribution in [0.25, 0.3) is 0 Å². The van der Waals surface area contributed by atoms with Crippen molar-refractivity contribution in [3.63, 3.8) is 0 Å². The summed E-state index contributed by atoms with van der Waals surface area (Å²) in [5.41, 5.74) is 0.913. The van der Waals surface area contributed by atoms with Crippen LogP contribution in [0.1, 0.15) is 24.8 Å². The minimum atomic E-state index is -0.120. The third-order valence-corrected chi connectivity index (χ3v) is 4.23. The first-order valence-corrected chi connectivity index (χ1v) is 7.73. The molecule has 1 N–H and O–H groups in total. The first-order valence-electron chi connectivity index (χ1n) is 5.57. The van der Waals surface area contributed by atoms with Crippen molar-refractivity contribution in [3.05, 3.63) is 24.8 Å². The Morgan fingerprint density at radius 1 is 1.29 bits per heavy atom. The van der Waals surface area contributed by atoms with Crippen LogP contribution in [0.5, 0.6) is 5.75 Å². The maximum Gasteiger partial charge on any atom is 0.199 e. The zero-order chi connectivity index (χ0) is 12.3. The van der Waals surface area contributed by atoms with Gasteiger partial charge in [-0.15, -0.1) is 0 Å². The number of halogens is 2. The van der Waals surface area contributed by atoms with Crippen LogP contribution in [0.3, 0.4) is 0 Å². The van der Waals surface area contributed by atoms with Crippen LogP contribution < -0.4 is 4.74 Å². The summed E-state index contributed by atoms with van der Waals surface area (Å²) in [6.45, 7) is 0.846. The van der Waals surface area contributed by atoms with Crippen LogP contribution in [-0.4, -0.2) is 18.0 Å². The van der Waals surface area contributed by atoms with Gasteiger partial charge in [-0.1, -0.05) is 0 Å². The highest BCUT2D eigenvalue weighted by atomic mass is 127. The topological polar surface area (TPSA) is 38.7 Å². The molecule has 17 heavy (non-hydrogen) atoms. The van der Waals surface area contributed by atoms with E-state index in [4.69, 9.17) is 14.6 Å². The van der Waals surface area contributed by atoms with E-state index < -0.39 is 0 Å². The Morgan fingerprint density at radius 2 is 2.00 bits per heavy atom. The van der Waals surface area contributed by atoms with Gasteiger partial charge in [-0.2, -0.15) is 0 Å². The molecule has 1 aliphatic heterocycles. The fourth-order valence-corrected chi connectivity index (χ4v) is 3.90. The molecular formula is C12H14I2O3. The molecule has 1 atom stereocenters. The van der Waals surface area contributed by atoms with Gasteiger partial charge in [0.1, 0.15) is 5.75 Å². The smallest absolute Gasteiger partial charge is 0.199 e. The molecule has 0 radical (unpaired) electrons. The predicted molar refractivity (Wildman–Crippen MR) is 82.0 cm³/mol. The fourth-order valence-electron chi connectivity index (χ4n) is 1.75. The van der Waals surface area contributed by atoms with Crippen molar-refractivity contribution >= 4 is 45.2 Å². The van der Waals surface area contributed by atoms with Gasteiger partial charge in [0.15, 0.2) is 6.29 Å². The minimum Gasteiger partial charge on any atom is -0.463 e. The van der Waals surface area contributed by atoms with E-state index in [1.807, 2.05) is 12.1 Å². The quantitative estimate of drug-likeness (QED) is 0.705. The van der Waals surface area contributed by atoms with Gasteiger partial charge in [-0.25, -0.2) is 0 Å². The molecular weight excluding hydrogens is 446 g/mol. The molecule has 1 aliphatic rings. The minimum absolute atomic E-state index is 0.0617. The SMILES string of the molecule is OCc1cc(I)c(OC2CCCCO2)c(I)c1. The van der Waals surface area contributed by atoms with Gasteiger partial charge in [-0.3, -0.25) is 0 Å². The van der Waals surface area contributed by atoms with Crippen LogP contribution in [0.15, 0.2) is 12.1 Å². The van der Waals surface area contributed by atoms with Gasteiger partial charge in [0.05, 0.1) is 20.4 Å². The summed E-state index contributed by atoms with van der Waals surface area (Å²) in [6, 6.07) is 3.89. The maximum absolute atomic E-state index is 9.13. The highest BCUT2D eigenvalue weighted by Crippen LogP contribution is 2.31. The largest absolute Gasteiger partial charge is 0.463 e. The third kappa shape index (κ3) is 3.68. The van der Waals surface area contributed by atoms with Crippen molar-refractivity contribution in [2.45, 2.75) is 32.2 Å². The standard InChI is InChI=1S/C12H14I2O3/c13-9-5-8(7-15)6-10(14)12(9)17-11-3-1-2-4-16-11/h5-6,11,15H,1-4,7H2. The Bertz CT molecular complexity index is 366. The summed E-state index contributed by atoms with van der Waals surface area (Å²) < 4.78 is 13.5. The second kappa shape index (κ2) is 6.53. The van der Waals surface area contributed by atoms with E-state index in [2.05, 4.69) is 45.2 Å². The number of ether oxygens (including phenoxy) is 2. The molecule has 1 fully saturated rings. The molecule has 0 bridgehead atoms. The highest BCUT2D eigenvalue weighted by Gasteiger charge is 2.18. The number of rotatable bonds is 3. The van der Waals surface area contributed by atoms with E-state index >= 15 is 0 Å². The van der Waals surface area contributed by atoms with E-state index in [-0.39, 0.29) is 12.9 Å². The summed E-state index contributed by atoms with van der Waals surface area (Å²) in [5, 5.41) is 9.13. The van der Waals surface area contributed by atoms with Crippen LogP contribution in [-0.2, 0) is 11.3 Å². The third-order valence-electron chi connectivity index (χ3n) is 2.63. The van der Waals surface area contributed by atoms with Crippen LogP contribution >= 0.6 is 45.2 Å². The molecule has 0 aliphatic carbocycles. The average Bonchev–Trinajstić information content (AvgIpc) is 2.35. The zero-order valence-electron chi connectivity index (χ0n) is 9.29. The Hall–Kier alpha value is 0.400. The molecule has 5 heteroatoms. The van der Waals surface area contributed by atoms with E-state index in [1.165, 1.54) is 0 Å². The van der Waals surface area contributed by atoms with E-state index in [0.717, 1.165) is 44.3 Å². The lowest BCUT2D eigenvalue weighted by Gasteiger charge is -2.24. The van der Waals surface area contributed by atoms with Gasteiger partial charge in [-0.05, 0) is 75.7 Å². The molecule has 94 valence electrons. The van der Waals surface area contributed by atoms with Crippen molar-refractivity contribution in [1.82, 2.24) is 0 Å². The summed E-state index contributed by atoms with van der Waals surface area (Å²) in [7, 11) is 0. The molecule has 1 aromatic rings. The fraction of sp³-hybridized carbons (Fsp3) is 0.500. The predicted octanol–water partition coefficient (Wildman–Crippen LogP) is 3.29. The Labute approximate surface area is 128 Å². The second-order valence-electron chi connectivity index (χ2n) is 3.96. The van der Waals surface area contributed by atoms with E-state index in [0.29, 0.717) is 0 Å². The number of hydrogen-bond acceptors (Lipinski definition) is 3. The Balaban J connectivity index is 2.14. The molecule has 1 heterocycles. The van der Waals surface area contributed by atoms with Crippen molar-refractivity contribution in [1.29, 1.82) is 0 Å². The molecule has 0 saturated carbocycles. The summed E-state index contributed by atoms with van der Waals surface area (Å²) in [6.07, 6.45) is 3.11. The molecule has 1 saturated heterocycles. The molecule has 0 spiro atoms. The highest BCUT2D eigenvalue weighted by molar-refractivity contribution is 14.1. The van der Waals surface area contributed by atoms with Crippen LogP contribution in [0.2, 0.25) is 0 Å². The van der Waals surface area contributed by atoms with Crippen molar-refractivity contribution in [2.24, 2.45) is 0 Å². The maximum atomic E-state index is 9.13. The molecule has 1 aromatic carbocycles. The summed E-state index contributed by atoms with van der Waals surface area (Å²) >= 11 is 4.47. The monoisotopic (exact) mass is 460 g/mol. The number of aliphatic hydroxyl groups is 1. The van der Waals surface area contributed by atoms with Crippen LogP contribution in [0.4, 0.5) is 0 Å². The van der Waals surface area contributed by atoms with Gasteiger partial charge in [0.2, 0.25) is 0 Å². The number of aliphatic hydroxyl groups excluding tert-OH is 1. The van der Waals surface area contributed by atoms with E-state index in [9.17, 15) is 0 Å². The molecule has 0 aromatic heterocycles. The van der Waals surface area contributed by atoms with Gasteiger partial charge in [0, 0.05) is 6.42 Å². The van der Waals surface area contributed by atoms with E-state index in [1.54, 1.807) is 0 Å². The molecule has 3 nitrogen and oxygen atoms in total. The Kier molecular flexibility index (Phi) is 5.31. The Morgan fingerprint density at radius 3 is 2.53 bits per heavy atom. The first-order chi connectivity index (χ1) is 8.20. The normalized spacial score (nSPS) is 20.3. The summed E-state index contributed by atoms with van der Waals surface area (Å²) in [5.74, 6) is 0.871. The first kappa shape index (κ1) is 13.8. The van der Waals surface area contributed by atoms with Gasteiger partial charge >= 0.3 is 0 Å². The zero-order valence-corrected chi connectivity index (χ0v) is 13.6. The number of benzene rings is 1. The molecule has 1 unspecified atom stereocenters. The lowest BCUT2D eigenvalue weighted by Crippen LogP contribution is -2.25. The van der Waals surface area contributed by atoms with Crippen molar-refractivity contribution in [3.8, 4) is 5.75 Å². The molecule has 2 rings (SSSR count). The van der Waals surface area contributed by atoms with Gasteiger partial charge in [0.25, 0.3) is 0 Å².